The number of methoxy groups -OCH3 is 1. The van der Waals surface area contributed by atoms with E-state index in [2.05, 4.69) is 5.32 Å². The van der Waals surface area contributed by atoms with Crippen LogP contribution in [-0.4, -0.2) is 37.8 Å². The highest BCUT2D eigenvalue weighted by Gasteiger charge is 2.34. The minimum atomic E-state index is -0.544. The maximum absolute atomic E-state index is 12.5. The van der Waals surface area contributed by atoms with E-state index in [9.17, 15) is 9.59 Å². The van der Waals surface area contributed by atoms with E-state index < -0.39 is 5.60 Å². The minimum absolute atomic E-state index is 0.0529. The molecule has 1 aliphatic rings. The van der Waals surface area contributed by atoms with Crippen molar-refractivity contribution in [2.45, 2.75) is 45.6 Å². The van der Waals surface area contributed by atoms with Gasteiger partial charge in [0.15, 0.2) is 0 Å². The highest BCUT2D eigenvalue weighted by Crippen LogP contribution is 2.40. The zero-order valence-corrected chi connectivity index (χ0v) is 15.0. The molecule has 2 rings (SSSR count). The number of ether oxygens (including phenoxy) is 2. The number of amides is 2. The zero-order chi connectivity index (χ0) is 17.9. The van der Waals surface area contributed by atoms with Crippen molar-refractivity contribution >= 4 is 17.7 Å². The molecule has 0 radical (unpaired) electrons. The maximum atomic E-state index is 12.5. The summed E-state index contributed by atoms with van der Waals surface area (Å²) in [5.41, 5.74) is 1.35. The second kappa shape index (κ2) is 7.11. The summed E-state index contributed by atoms with van der Waals surface area (Å²) in [6.07, 6.45) is 0.398. The summed E-state index contributed by atoms with van der Waals surface area (Å²) in [6, 6.07) is 5.68. The predicted molar refractivity (Wildman–Crippen MR) is 92.6 cm³/mol. The summed E-state index contributed by atoms with van der Waals surface area (Å²) in [7, 11) is 1.62. The Hall–Kier alpha value is -2.24. The van der Waals surface area contributed by atoms with Gasteiger partial charge >= 0.3 is 6.09 Å². The van der Waals surface area contributed by atoms with Crippen LogP contribution in [0, 0.1) is 0 Å². The molecule has 1 atom stereocenters. The van der Waals surface area contributed by atoms with Crippen LogP contribution in [0.5, 0.6) is 5.75 Å². The van der Waals surface area contributed by atoms with Crippen molar-refractivity contribution in [3.05, 3.63) is 23.8 Å². The molecule has 0 saturated heterocycles. The van der Waals surface area contributed by atoms with E-state index in [0.717, 1.165) is 23.4 Å². The van der Waals surface area contributed by atoms with Crippen molar-refractivity contribution in [1.29, 1.82) is 0 Å². The molecule has 0 spiro atoms. The Morgan fingerprint density at radius 1 is 1.33 bits per heavy atom. The number of anilines is 1. The standard InChI is InChI=1S/C18H26N2O4/c1-12(21)19-9-8-13-11-20(17(22)24-18(2,3)4)16-7-6-14(23-5)10-15(13)16/h6-7,10,13H,8-9,11H2,1-5H3,(H,19,21). The molecule has 6 heteroatoms. The van der Waals surface area contributed by atoms with E-state index in [-0.39, 0.29) is 17.9 Å². The van der Waals surface area contributed by atoms with E-state index >= 15 is 0 Å². The first-order valence-electron chi connectivity index (χ1n) is 8.14. The third-order valence-corrected chi connectivity index (χ3v) is 3.85. The summed E-state index contributed by atoms with van der Waals surface area (Å²) in [6.45, 7) is 8.16. The molecule has 1 aliphatic heterocycles. The van der Waals surface area contributed by atoms with Crippen LogP contribution in [-0.2, 0) is 9.53 Å². The van der Waals surface area contributed by atoms with Gasteiger partial charge in [-0.05, 0) is 51.0 Å². The fourth-order valence-electron chi connectivity index (χ4n) is 2.81. The van der Waals surface area contributed by atoms with Crippen molar-refractivity contribution in [2.75, 3.05) is 25.1 Å². The number of benzene rings is 1. The molecule has 2 amide bonds. The fourth-order valence-corrected chi connectivity index (χ4v) is 2.81. The van der Waals surface area contributed by atoms with Gasteiger partial charge in [-0.25, -0.2) is 4.79 Å². The van der Waals surface area contributed by atoms with Gasteiger partial charge in [-0.2, -0.15) is 0 Å². The monoisotopic (exact) mass is 334 g/mol. The average Bonchev–Trinajstić information content (AvgIpc) is 2.83. The lowest BCUT2D eigenvalue weighted by Gasteiger charge is -2.25. The predicted octanol–water partition coefficient (Wildman–Crippen LogP) is 3.06. The van der Waals surface area contributed by atoms with Gasteiger partial charge in [0.25, 0.3) is 0 Å². The number of hydrogen-bond acceptors (Lipinski definition) is 4. The first-order chi connectivity index (χ1) is 11.2. The van der Waals surface area contributed by atoms with Gasteiger partial charge in [-0.3, -0.25) is 9.69 Å². The first-order valence-corrected chi connectivity index (χ1v) is 8.14. The first kappa shape index (κ1) is 18.1. The van der Waals surface area contributed by atoms with E-state index in [0.29, 0.717) is 13.1 Å². The summed E-state index contributed by atoms with van der Waals surface area (Å²) in [5.74, 6) is 0.835. The molecule has 1 N–H and O–H groups in total. The van der Waals surface area contributed by atoms with E-state index in [1.54, 1.807) is 12.0 Å². The number of nitrogens with one attached hydrogen (secondary N) is 1. The van der Waals surface area contributed by atoms with Gasteiger partial charge in [0.05, 0.1) is 12.8 Å². The average molecular weight is 334 g/mol. The quantitative estimate of drug-likeness (QED) is 0.919. The van der Waals surface area contributed by atoms with Crippen LogP contribution >= 0.6 is 0 Å². The van der Waals surface area contributed by atoms with Crippen LogP contribution in [0.4, 0.5) is 10.5 Å². The molecular formula is C18H26N2O4. The van der Waals surface area contributed by atoms with Gasteiger partial charge in [0.2, 0.25) is 5.91 Å². The van der Waals surface area contributed by atoms with Crippen molar-refractivity contribution < 1.29 is 19.1 Å². The molecule has 24 heavy (non-hydrogen) atoms. The number of hydrogen-bond donors (Lipinski definition) is 1. The normalized spacial score (nSPS) is 16.5. The lowest BCUT2D eigenvalue weighted by molar-refractivity contribution is -0.118. The van der Waals surface area contributed by atoms with Gasteiger partial charge < -0.3 is 14.8 Å². The third kappa shape index (κ3) is 4.40. The largest absolute Gasteiger partial charge is 0.497 e. The van der Waals surface area contributed by atoms with Gasteiger partial charge in [0, 0.05) is 25.9 Å². The van der Waals surface area contributed by atoms with Crippen LogP contribution < -0.4 is 15.0 Å². The summed E-state index contributed by atoms with van der Waals surface area (Å²) in [4.78, 5) is 25.3. The molecule has 1 unspecified atom stereocenters. The fraction of sp³-hybridized carbons (Fsp3) is 0.556. The van der Waals surface area contributed by atoms with Gasteiger partial charge in [-0.1, -0.05) is 0 Å². The highest BCUT2D eigenvalue weighted by atomic mass is 16.6. The molecule has 1 aromatic carbocycles. The molecule has 0 aromatic heterocycles. The smallest absolute Gasteiger partial charge is 0.414 e. The van der Waals surface area contributed by atoms with Crippen LogP contribution in [0.2, 0.25) is 0 Å². The Balaban J connectivity index is 2.21. The van der Waals surface area contributed by atoms with E-state index in [1.807, 2.05) is 39.0 Å². The van der Waals surface area contributed by atoms with E-state index in [4.69, 9.17) is 9.47 Å². The molecule has 0 aliphatic carbocycles. The zero-order valence-electron chi connectivity index (χ0n) is 15.0. The Bertz CT molecular complexity index is 622. The van der Waals surface area contributed by atoms with Crippen molar-refractivity contribution in [2.24, 2.45) is 0 Å². The molecule has 0 fully saturated rings. The number of rotatable bonds is 4. The van der Waals surface area contributed by atoms with Crippen molar-refractivity contribution in [3.8, 4) is 5.75 Å². The Morgan fingerprint density at radius 2 is 2.04 bits per heavy atom. The Kier molecular flexibility index (Phi) is 5.36. The Morgan fingerprint density at radius 3 is 2.62 bits per heavy atom. The van der Waals surface area contributed by atoms with Crippen LogP contribution in [0.25, 0.3) is 0 Å². The molecule has 6 nitrogen and oxygen atoms in total. The summed E-state index contributed by atoms with van der Waals surface area (Å²) >= 11 is 0. The van der Waals surface area contributed by atoms with Crippen LogP contribution in [0.15, 0.2) is 18.2 Å². The van der Waals surface area contributed by atoms with Gasteiger partial charge in [0.1, 0.15) is 11.4 Å². The highest BCUT2D eigenvalue weighted by molar-refractivity contribution is 5.91. The van der Waals surface area contributed by atoms with Crippen molar-refractivity contribution in [1.82, 2.24) is 5.32 Å². The molecular weight excluding hydrogens is 308 g/mol. The second-order valence-corrected chi connectivity index (χ2v) is 6.98. The molecule has 1 aromatic rings. The molecule has 0 saturated carbocycles. The second-order valence-electron chi connectivity index (χ2n) is 6.98. The summed E-state index contributed by atoms with van der Waals surface area (Å²) in [5, 5.41) is 2.81. The van der Waals surface area contributed by atoms with Gasteiger partial charge in [-0.15, -0.1) is 0 Å². The van der Waals surface area contributed by atoms with Crippen LogP contribution in [0.3, 0.4) is 0 Å². The Labute approximate surface area is 143 Å². The minimum Gasteiger partial charge on any atom is -0.497 e. The number of nitrogens with zero attached hydrogens (tertiary/aromatic N) is 1. The molecule has 0 bridgehead atoms. The third-order valence-electron chi connectivity index (χ3n) is 3.85. The van der Waals surface area contributed by atoms with Crippen LogP contribution in [0.1, 0.15) is 45.6 Å². The number of carbonyl (C=O) groups is 2. The number of fused-ring (bicyclic) bond motifs is 1. The lowest BCUT2D eigenvalue weighted by Crippen LogP contribution is -2.36. The maximum Gasteiger partial charge on any atom is 0.414 e. The molecule has 132 valence electrons. The lowest BCUT2D eigenvalue weighted by atomic mass is 9.97. The number of carbonyl (C=O) groups excluding carboxylic acids is 2. The summed E-state index contributed by atoms with van der Waals surface area (Å²) < 4.78 is 10.8. The van der Waals surface area contributed by atoms with E-state index in [1.165, 1.54) is 6.92 Å². The molecule has 1 heterocycles. The SMILES string of the molecule is COc1ccc2c(c1)C(CCNC(C)=O)CN2C(=O)OC(C)(C)C. The topological polar surface area (TPSA) is 67.9 Å². The van der Waals surface area contributed by atoms with Crippen molar-refractivity contribution in [3.63, 3.8) is 0 Å².